The Labute approximate surface area is 212 Å². The molecule has 2 saturated carbocycles. The molecule has 1 aromatic heterocycles. The van der Waals surface area contributed by atoms with Crippen molar-refractivity contribution in [1.29, 1.82) is 0 Å². The summed E-state index contributed by atoms with van der Waals surface area (Å²) in [6.45, 7) is 8.48. The minimum Gasteiger partial charge on any atom is -0.508 e. The molecular formula is C29H38N2O3S. The van der Waals surface area contributed by atoms with Gasteiger partial charge in [-0.25, -0.2) is 4.98 Å². The molecule has 2 N–H and O–H groups in total. The van der Waals surface area contributed by atoms with Crippen molar-refractivity contribution >= 4 is 28.2 Å². The molecule has 1 aromatic carbocycles. The smallest absolute Gasteiger partial charge is 0.226 e. The number of benzene rings is 1. The molecule has 5 rings (SSSR count). The average Bonchev–Trinajstić information content (AvgIpc) is 3.32. The number of Topliss-reactive ketones (excluding diaryl/α,β-unsaturated/α-hetero) is 1. The van der Waals surface area contributed by atoms with Crippen LogP contribution in [0.15, 0.2) is 18.3 Å². The highest BCUT2D eigenvalue weighted by Crippen LogP contribution is 2.62. The number of aromatic hydroxyl groups is 1. The van der Waals surface area contributed by atoms with E-state index in [1.165, 1.54) is 22.5 Å². The van der Waals surface area contributed by atoms with Crippen LogP contribution in [0.25, 0.3) is 0 Å². The molecule has 3 unspecified atom stereocenters. The van der Waals surface area contributed by atoms with E-state index < -0.39 is 0 Å². The number of carbonyl (C=O) groups is 2. The Morgan fingerprint density at radius 3 is 2.83 bits per heavy atom. The highest BCUT2D eigenvalue weighted by Gasteiger charge is 2.58. The quantitative estimate of drug-likeness (QED) is 0.466. The molecule has 3 aliphatic carbocycles. The van der Waals surface area contributed by atoms with E-state index in [1.54, 1.807) is 6.20 Å². The number of nitrogens with one attached hydrogen (secondary N) is 1. The maximum atomic E-state index is 13.3. The number of aryl methyl sites for hydroxylation is 2. The SMILES string of the molecule is Cc1cnc(NC(=O)CCC[C@@H]2CC(=O)[C@@]3(C)CCC4c5cc(C(C)C)c(O)cc5CCC4C23)s1. The number of phenols is 1. The number of rotatable bonds is 6. The molecule has 0 radical (unpaired) electrons. The van der Waals surface area contributed by atoms with Crippen molar-refractivity contribution in [2.45, 2.75) is 90.9 Å². The van der Waals surface area contributed by atoms with Crippen molar-refractivity contribution in [3.63, 3.8) is 0 Å². The fourth-order valence-electron chi connectivity index (χ4n) is 7.53. The van der Waals surface area contributed by atoms with E-state index >= 15 is 0 Å². The first-order valence-corrected chi connectivity index (χ1v) is 14.1. The van der Waals surface area contributed by atoms with Crippen LogP contribution < -0.4 is 5.32 Å². The zero-order valence-electron chi connectivity index (χ0n) is 21.4. The van der Waals surface area contributed by atoms with Gasteiger partial charge in [-0.15, -0.1) is 11.3 Å². The lowest BCUT2D eigenvalue weighted by molar-refractivity contribution is -0.129. The fourth-order valence-corrected chi connectivity index (χ4v) is 8.21. The van der Waals surface area contributed by atoms with Gasteiger partial charge in [0.2, 0.25) is 5.91 Å². The van der Waals surface area contributed by atoms with Crippen molar-refractivity contribution in [3.05, 3.63) is 39.9 Å². The number of ketones is 1. The van der Waals surface area contributed by atoms with Crippen LogP contribution in [0.2, 0.25) is 0 Å². The molecule has 35 heavy (non-hydrogen) atoms. The number of thiazole rings is 1. The molecule has 2 fully saturated rings. The van der Waals surface area contributed by atoms with Crippen LogP contribution in [-0.4, -0.2) is 21.8 Å². The highest BCUT2D eigenvalue weighted by atomic mass is 32.1. The van der Waals surface area contributed by atoms with E-state index in [9.17, 15) is 14.7 Å². The van der Waals surface area contributed by atoms with Gasteiger partial charge in [0.15, 0.2) is 5.13 Å². The predicted octanol–water partition coefficient (Wildman–Crippen LogP) is 6.74. The third kappa shape index (κ3) is 4.43. The lowest BCUT2D eigenvalue weighted by Gasteiger charge is -2.50. The summed E-state index contributed by atoms with van der Waals surface area (Å²) in [6.07, 6.45) is 8.73. The summed E-state index contributed by atoms with van der Waals surface area (Å²) in [5, 5.41) is 14.1. The zero-order chi connectivity index (χ0) is 24.9. The number of fused-ring (bicyclic) bond motifs is 5. The number of anilines is 1. The van der Waals surface area contributed by atoms with Crippen molar-refractivity contribution in [1.82, 2.24) is 4.98 Å². The summed E-state index contributed by atoms with van der Waals surface area (Å²) in [5.74, 6) is 2.90. The van der Waals surface area contributed by atoms with Crippen LogP contribution >= 0.6 is 11.3 Å². The van der Waals surface area contributed by atoms with Gasteiger partial charge in [-0.3, -0.25) is 9.59 Å². The summed E-state index contributed by atoms with van der Waals surface area (Å²) in [6, 6.07) is 4.28. The van der Waals surface area contributed by atoms with E-state index in [2.05, 4.69) is 37.1 Å². The van der Waals surface area contributed by atoms with Crippen molar-refractivity contribution in [3.8, 4) is 5.75 Å². The van der Waals surface area contributed by atoms with Crippen molar-refractivity contribution < 1.29 is 14.7 Å². The molecule has 6 heteroatoms. The minimum absolute atomic E-state index is 0.0144. The second-order valence-corrected chi connectivity index (χ2v) is 12.9. The topological polar surface area (TPSA) is 79.3 Å². The summed E-state index contributed by atoms with van der Waals surface area (Å²) < 4.78 is 0. The Bertz CT molecular complexity index is 1140. The van der Waals surface area contributed by atoms with Crippen molar-refractivity contribution in [2.75, 3.05) is 5.32 Å². The average molecular weight is 495 g/mol. The van der Waals surface area contributed by atoms with Gasteiger partial charge in [-0.2, -0.15) is 0 Å². The Morgan fingerprint density at radius 2 is 2.11 bits per heavy atom. The molecule has 1 amide bonds. The number of aromatic nitrogens is 1. The molecule has 3 aliphatic rings. The Kier molecular flexibility index (Phi) is 6.54. The standard InChI is InChI=1S/C29H38N2O3S/c1-16(2)22-14-23-18(12-24(22)32)8-9-21-20(23)10-11-29(4)25(33)13-19(27(21)29)6-5-7-26(34)31-28-30-15-17(3)35-28/h12,14-16,19-21,27,32H,5-11,13H2,1-4H3,(H,30,31,34)/t19-,20?,21?,27?,29-/m1/s1. The summed E-state index contributed by atoms with van der Waals surface area (Å²) in [4.78, 5) is 31.0. The maximum absolute atomic E-state index is 13.3. The summed E-state index contributed by atoms with van der Waals surface area (Å²) >= 11 is 1.50. The number of hydrogen-bond donors (Lipinski definition) is 2. The first-order chi connectivity index (χ1) is 16.7. The van der Waals surface area contributed by atoms with Crippen LogP contribution in [0.5, 0.6) is 5.75 Å². The van der Waals surface area contributed by atoms with Gasteiger partial charge in [-0.05, 0) is 97.8 Å². The predicted molar refractivity (Wildman–Crippen MR) is 140 cm³/mol. The van der Waals surface area contributed by atoms with Crippen LogP contribution in [0.1, 0.15) is 99.1 Å². The van der Waals surface area contributed by atoms with Crippen LogP contribution in [0, 0.1) is 30.1 Å². The number of phenolic OH excluding ortho intramolecular Hbond substituents is 1. The zero-order valence-corrected chi connectivity index (χ0v) is 22.2. The molecule has 2 aromatic rings. The van der Waals surface area contributed by atoms with Crippen LogP contribution in [-0.2, 0) is 16.0 Å². The van der Waals surface area contributed by atoms with E-state index in [-0.39, 0.29) is 17.2 Å². The largest absolute Gasteiger partial charge is 0.508 e. The van der Waals surface area contributed by atoms with Gasteiger partial charge < -0.3 is 10.4 Å². The lowest BCUT2D eigenvalue weighted by Crippen LogP contribution is -2.44. The number of nitrogens with zero attached hydrogens (tertiary/aromatic N) is 1. The molecule has 0 bridgehead atoms. The fraction of sp³-hybridized carbons (Fsp3) is 0.621. The molecule has 188 valence electrons. The Hall–Kier alpha value is -2.21. The van der Waals surface area contributed by atoms with Crippen LogP contribution in [0.4, 0.5) is 5.13 Å². The lowest BCUT2D eigenvalue weighted by atomic mass is 9.54. The number of hydrogen-bond acceptors (Lipinski definition) is 5. The number of carbonyl (C=O) groups excluding carboxylic acids is 2. The third-order valence-electron chi connectivity index (χ3n) is 9.18. The van der Waals surface area contributed by atoms with Gasteiger partial charge in [0.1, 0.15) is 11.5 Å². The molecule has 0 aliphatic heterocycles. The number of amides is 1. The van der Waals surface area contributed by atoms with E-state index in [0.29, 0.717) is 53.2 Å². The second-order valence-electron chi connectivity index (χ2n) is 11.7. The minimum atomic E-state index is -0.220. The van der Waals surface area contributed by atoms with Crippen molar-refractivity contribution in [2.24, 2.45) is 23.2 Å². The first kappa shape index (κ1) is 24.5. The Balaban J connectivity index is 1.31. The van der Waals surface area contributed by atoms with Gasteiger partial charge in [0, 0.05) is 29.3 Å². The second kappa shape index (κ2) is 9.34. The van der Waals surface area contributed by atoms with Crippen LogP contribution in [0.3, 0.4) is 0 Å². The van der Waals surface area contributed by atoms with Gasteiger partial charge in [0.05, 0.1) is 0 Å². The summed E-state index contributed by atoms with van der Waals surface area (Å²) in [5.41, 5.74) is 3.54. The van der Waals surface area contributed by atoms with E-state index in [0.717, 1.165) is 49.0 Å². The first-order valence-electron chi connectivity index (χ1n) is 13.3. The van der Waals surface area contributed by atoms with Gasteiger partial charge in [-0.1, -0.05) is 26.8 Å². The highest BCUT2D eigenvalue weighted by molar-refractivity contribution is 7.15. The van der Waals surface area contributed by atoms with E-state index in [1.807, 2.05) is 13.0 Å². The van der Waals surface area contributed by atoms with Gasteiger partial charge >= 0.3 is 0 Å². The van der Waals surface area contributed by atoms with E-state index in [4.69, 9.17) is 0 Å². The Morgan fingerprint density at radius 1 is 1.31 bits per heavy atom. The molecule has 5 nitrogen and oxygen atoms in total. The molecule has 0 spiro atoms. The normalized spacial score (nSPS) is 29.6. The summed E-state index contributed by atoms with van der Waals surface area (Å²) in [7, 11) is 0. The molecular weight excluding hydrogens is 456 g/mol. The van der Waals surface area contributed by atoms with Gasteiger partial charge in [0.25, 0.3) is 0 Å². The third-order valence-corrected chi connectivity index (χ3v) is 10.0. The molecule has 1 heterocycles. The molecule has 0 saturated heterocycles. The maximum Gasteiger partial charge on any atom is 0.226 e. The molecule has 5 atom stereocenters. The monoisotopic (exact) mass is 494 g/mol.